The van der Waals surface area contributed by atoms with Gasteiger partial charge in [-0.25, -0.2) is 0 Å². The van der Waals surface area contributed by atoms with Crippen molar-refractivity contribution in [2.75, 3.05) is 52.5 Å². The number of hydrogen-bond acceptors (Lipinski definition) is 4. The van der Waals surface area contributed by atoms with Crippen LogP contribution in [0.2, 0.25) is 0 Å². The van der Waals surface area contributed by atoms with Crippen LogP contribution < -0.4 is 0 Å². The molecule has 6 heteroatoms. The van der Waals surface area contributed by atoms with Crippen LogP contribution in [0.5, 0.6) is 0 Å². The topological polar surface area (TPSA) is 50.5 Å². The molecule has 154 valence electrons. The summed E-state index contributed by atoms with van der Waals surface area (Å²) >= 11 is 0. The predicted molar refractivity (Wildman–Crippen MR) is 113 cm³/mol. The van der Waals surface area contributed by atoms with Gasteiger partial charge in [0.05, 0.1) is 13.2 Å². The second kappa shape index (κ2) is 11.3. The molecule has 2 unspecified atom stereocenters. The van der Waals surface area contributed by atoms with Crippen molar-refractivity contribution in [3.8, 4) is 0 Å². The van der Waals surface area contributed by atoms with E-state index in [1.807, 2.05) is 0 Å². The Morgan fingerprint density at radius 2 is 1.56 bits per heavy atom. The number of halogens is 1. The van der Waals surface area contributed by atoms with Gasteiger partial charge in [-0.1, -0.05) is 36.8 Å². The number of likely N-dealkylation sites (tertiary alicyclic amines) is 1. The fourth-order valence-electron chi connectivity index (χ4n) is 4.92. The van der Waals surface area contributed by atoms with E-state index in [2.05, 4.69) is 45.0 Å². The molecule has 27 heavy (non-hydrogen) atoms. The van der Waals surface area contributed by atoms with Crippen LogP contribution in [0, 0.1) is 0 Å². The molecule has 1 aromatic carbocycles. The van der Waals surface area contributed by atoms with Crippen LogP contribution in [0.1, 0.15) is 31.2 Å². The van der Waals surface area contributed by atoms with E-state index in [1.54, 1.807) is 0 Å². The van der Waals surface area contributed by atoms with Crippen molar-refractivity contribution in [2.45, 2.75) is 44.3 Å². The minimum absolute atomic E-state index is 0. The van der Waals surface area contributed by atoms with E-state index in [4.69, 9.17) is 4.74 Å². The summed E-state index contributed by atoms with van der Waals surface area (Å²) in [6.45, 7) is 10.2. The monoisotopic (exact) mass is 397 g/mol. The molecule has 0 saturated carbocycles. The van der Waals surface area contributed by atoms with Gasteiger partial charge in [-0.05, 0) is 31.4 Å². The fraction of sp³-hybridized carbons (Fsp3) is 0.714. The molecule has 4 rings (SSSR count). The van der Waals surface area contributed by atoms with Crippen molar-refractivity contribution in [3.05, 3.63) is 35.9 Å². The van der Waals surface area contributed by atoms with Crippen LogP contribution in [0.3, 0.4) is 0 Å². The first-order chi connectivity index (χ1) is 12.4. The Morgan fingerprint density at radius 3 is 2.22 bits per heavy atom. The summed E-state index contributed by atoms with van der Waals surface area (Å²) in [5, 5.41) is 0. The van der Waals surface area contributed by atoms with E-state index in [1.165, 1.54) is 57.4 Å². The lowest BCUT2D eigenvalue weighted by molar-refractivity contribution is -0.0166. The van der Waals surface area contributed by atoms with Gasteiger partial charge in [0.2, 0.25) is 0 Å². The number of piperazine rings is 1. The zero-order valence-electron chi connectivity index (χ0n) is 16.4. The fourth-order valence-corrected chi connectivity index (χ4v) is 4.92. The Kier molecular flexibility index (Phi) is 9.50. The van der Waals surface area contributed by atoms with Crippen molar-refractivity contribution >= 4 is 12.4 Å². The molecule has 3 aliphatic heterocycles. The zero-order chi connectivity index (χ0) is 16.9. The molecule has 2 N–H and O–H groups in total. The minimum atomic E-state index is 0. The van der Waals surface area contributed by atoms with Crippen molar-refractivity contribution in [1.82, 2.24) is 14.7 Å². The van der Waals surface area contributed by atoms with Crippen molar-refractivity contribution in [1.29, 1.82) is 0 Å². The molecule has 3 aliphatic rings. The maximum atomic E-state index is 5.46. The maximum Gasteiger partial charge on any atom is 0.0594 e. The summed E-state index contributed by atoms with van der Waals surface area (Å²) in [6.07, 6.45) is 5.51. The lowest BCUT2D eigenvalue weighted by Gasteiger charge is -2.50. The van der Waals surface area contributed by atoms with Gasteiger partial charge in [-0.3, -0.25) is 14.7 Å². The molecule has 2 atom stereocenters. The molecule has 0 amide bonds. The number of piperidine rings is 1. The van der Waals surface area contributed by atoms with Gasteiger partial charge in [-0.2, -0.15) is 0 Å². The Morgan fingerprint density at radius 1 is 0.889 bits per heavy atom. The highest BCUT2D eigenvalue weighted by molar-refractivity contribution is 5.85. The first-order valence-electron chi connectivity index (χ1n) is 10.2. The first-order valence-corrected chi connectivity index (χ1v) is 10.2. The van der Waals surface area contributed by atoms with E-state index >= 15 is 0 Å². The maximum absolute atomic E-state index is 5.46. The zero-order valence-corrected chi connectivity index (χ0v) is 17.2. The van der Waals surface area contributed by atoms with Gasteiger partial charge in [-0.15, -0.1) is 12.4 Å². The van der Waals surface area contributed by atoms with E-state index < -0.39 is 0 Å². The standard InChI is InChI=1S/C21H33N3O.ClH.H2O/c1-2-6-19(7-3-1)16-23-17-20-8-4-9-21(18-23)24(20)11-5-10-22-12-14-25-15-13-22;;/h1-3,6-7,20-21H,4-5,8-18H2;1H;1H2. The van der Waals surface area contributed by atoms with Crippen molar-refractivity contribution in [3.63, 3.8) is 0 Å². The highest BCUT2D eigenvalue weighted by atomic mass is 35.5. The highest BCUT2D eigenvalue weighted by Gasteiger charge is 2.36. The van der Waals surface area contributed by atoms with Crippen molar-refractivity contribution in [2.24, 2.45) is 0 Å². The van der Waals surface area contributed by atoms with Gasteiger partial charge < -0.3 is 10.2 Å². The summed E-state index contributed by atoms with van der Waals surface area (Å²) in [7, 11) is 0. The van der Waals surface area contributed by atoms with Gasteiger partial charge in [0.25, 0.3) is 0 Å². The first kappa shape index (κ1) is 22.6. The quantitative estimate of drug-likeness (QED) is 0.737. The van der Waals surface area contributed by atoms with Crippen LogP contribution in [0.4, 0.5) is 0 Å². The lowest BCUT2D eigenvalue weighted by atomic mass is 9.90. The van der Waals surface area contributed by atoms with Crippen LogP contribution in [-0.4, -0.2) is 84.7 Å². The summed E-state index contributed by atoms with van der Waals surface area (Å²) in [5.74, 6) is 0. The van der Waals surface area contributed by atoms with E-state index in [0.717, 1.165) is 44.9 Å². The lowest BCUT2D eigenvalue weighted by Crippen LogP contribution is -2.60. The van der Waals surface area contributed by atoms with Gasteiger partial charge in [0.15, 0.2) is 0 Å². The molecule has 2 bridgehead atoms. The smallest absolute Gasteiger partial charge is 0.0594 e. The second-order valence-electron chi connectivity index (χ2n) is 7.96. The molecule has 0 aromatic heterocycles. The van der Waals surface area contributed by atoms with Gasteiger partial charge in [0.1, 0.15) is 0 Å². The normalized spacial score (nSPS) is 26.8. The molecule has 1 aromatic rings. The third-order valence-corrected chi connectivity index (χ3v) is 6.19. The number of fused-ring (bicyclic) bond motifs is 2. The summed E-state index contributed by atoms with van der Waals surface area (Å²) in [4.78, 5) is 8.12. The van der Waals surface area contributed by atoms with E-state index in [9.17, 15) is 0 Å². The SMILES string of the molecule is Cl.O.c1ccc(CN2CC3CCCC(C2)N3CCCN2CCOCC2)cc1. The van der Waals surface area contributed by atoms with Crippen LogP contribution in [0.15, 0.2) is 30.3 Å². The average molecular weight is 398 g/mol. The third kappa shape index (κ3) is 6.14. The predicted octanol–water partition coefficient (Wildman–Crippen LogP) is 2.04. The van der Waals surface area contributed by atoms with E-state index in [0.29, 0.717) is 0 Å². The van der Waals surface area contributed by atoms with Crippen LogP contribution in [-0.2, 0) is 11.3 Å². The van der Waals surface area contributed by atoms with Crippen molar-refractivity contribution < 1.29 is 10.2 Å². The minimum Gasteiger partial charge on any atom is -0.412 e. The van der Waals surface area contributed by atoms with E-state index in [-0.39, 0.29) is 17.9 Å². The van der Waals surface area contributed by atoms with Gasteiger partial charge >= 0.3 is 0 Å². The Labute approximate surface area is 170 Å². The molecule has 0 radical (unpaired) electrons. The number of benzene rings is 1. The number of ether oxygens (including phenoxy) is 1. The molecular formula is C21H36ClN3O2. The van der Waals surface area contributed by atoms with Gasteiger partial charge in [0, 0.05) is 51.4 Å². The summed E-state index contributed by atoms with van der Waals surface area (Å²) in [5.41, 5.74) is 1.46. The molecule has 3 heterocycles. The Balaban J connectivity index is 0.00000131. The van der Waals surface area contributed by atoms with Crippen LogP contribution >= 0.6 is 12.4 Å². The third-order valence-electron chi connectivity index (χ3n) is 6.19. The molecule has 0 aliphatic carbocycles. The molecule has 3 fully saturated rings. The Hall–Kier alpha value is -0.690. The largest absolute Gasteiger partial charge is 0.412 e. The average Bonchev–Trinajstić information content (AvgIpc) is 2.64. The van der Waals surface area contributed by atoms with Crippen LogP contribution in [0.25, 0.3) is 0 Å². The Bertz CT molecular complexity index is 513. The highest BCUT2D eigenvalue weighted by Crippen LogP contribution is 2.29. The molecular weight excluding hydrogens is 362 g/mol. The second-order valence-corrected chi connectivity index (χ2v) is 7.96. The molecule has 0 spiro atoms. The number of morpholine rings is 1. The summed E-state index contributed by atoms with van der Waals surface area (Å²) < 4.78 is 5.46. The number of hydrogen-bond donors (Lipinski definition) is 0. The molecule has 5 nitrogen and oxygen atoms in total. The number of rotatable bonds is 6. The summed E-state index contributed by atoms with van der Waals surface area (Å²) in [6, 6.07) is 12.5. The number of nitrogens with zero attached hydrogens (tertiary/aromatic N) is 3. The molecule has 3 saturated heterocycles.